The van der Waals surface area contributed by atoms with Crippen molar-refractivity contribution in [3.63, 3.8) is 0 Å². The number of nitrogen functional groups attached to an aromatic ring is 1. The average molecular weight is 272 g/mol. The maximum atomic E-state index is 13.1. The van der Waals surface area contributed by atoms with E-state index in [-0.39, 0.29) is 11.4 Å². The second kappa shape index (κ2) is 4.94. The lowest BCUT2D eigenvalue weighted by Gasteiger charge is -2.38. The van der Waals surface area contributed by atoms with Crippen molar-refractivity contribution in [2.45, 2.75) is 26.4 Å². The Bertz CT molecular complexity index is 456. The number of anilines is 2. The van der Waals surface area contributed by atoms with Crippen molar-refractivity contribution < 1.29 is 13.2 Å². The normalized spacial score (nSPS) is 24.6. The SMILES string of the molecule is CC1CCN(c2ccc(N)cc2C(F)(F)F)CC1C. The zero-order valence-electron chi connectivity index (χ0n) is 11.2. The Morgan fingerprint density at radius 3 is 2.47 bits per heavy atom. The quantitative estimate of drug-likeness (QED) is 0.788. The molecule has 0 aromatic heterocycles. The van der Waals surface area contributed by atoms with Crippen LogP contribution in [0, 0.1) is 11.8 Å². The second-order valence-corrected chi connectivity index (χ2v) is 5.46. The molecule has 0 aliphatic carbocycles. The van der Waals surface area contributed by atoms with Crippen molar-refractivity contribution in [1.29, 1.82) is 0 Å². The zero-order chi connectivity index (χ0) is 14.2. The van der Waals surface area contributed by atoms with Gasteiger partial charge in [-0.3, -0.25) is 0 Å². The summed E-state index contributed by atoms with van der Waals surface area (Å²) in [7, 11) is 0. The molecule has 1 aromatic rings. The van der Waals surface area contributed by atoms with Gasteiger partial charge in [-0.2, -0.15) is 13.2 Å². The zero-order valence-corrected chi connectivity index (χ0v) is 11.2. The summed E-state index contributed by atoms with van der Waals surface area (Å²) >= 11 is 0. The molecule has 5 heteroatoms. The van der Waals surface area contributed by atoms with Crippen molar-refractivity contribution in [1.82, 2.24) is 0 Å². The van der Waals surface area contributed by atoms with E-state index in [4.69, 9.17) is 5.73 Å². The highest BCUT2D eigenvalue weighted by Crippen LogP contribution is 2.39. The molecule has 1 aliphatic heterocycles. The van der Waals surface area contributed by atoms with Gasteiger partial charge in [0.1, 0.15) is 0 Å². The predicted molar refractivity (Wildman–Crippen MR) is 71.0 cm³/mol. The van der Waals surface area contributed by atoms with Crippen molar-refractivity contribution >= 4 is 11.4 Å². The van der Waals surface area contributed by atoms with Gasteiger partial charge in [-0.25, -0.2) is 0 Å². The van der Waals surface area contributed by atoms with Crippen molar-refractivity contribution in [3.8, 4) is 0 Å². The number of rotatable bonds is 1. The molecule has 0 amide bonds. The molecule has 106 valence electrons. The van der Waals surface area contributed by atoms with Gasteiger partial charge in [0.2, 0.25) is 0 Å². The number of piperidine rings is 1. The van der Waals surface area contributed by atoms with E-state index in [1.165, 1.54) is 12.1 Å². The van der Waals surface area contributed by atoms with E-state index in [1.54, 1.807) is 0 Å². The monoisotopic (exact) mass is 272 g/mol. The third-order valence-electron chi connectivity index (χ3n) is 4.00. The lowest BCUT2D eigenvalue weighted by molar-refractivity contribution is -0.137. The Hall–Kier alpha value is -1.39. The van der Waals surface area contributed by atoms with E-state index < -0.39 is 11.7 Å². The minimum absolute atomic E-state index is 0.148. The van der Waals surface area contributed by atoms with Crippen LogP contribution in [-0.4, -0.2) is 13.1 Å². The minimum atomic E-state index is -4.36. The average Bonchev–Trinajstić information content (AvgIpc) is 2.32. The van der Waals surface area contributed by atoms with E-state index in [0.717, 1.165) is 12.5 Å². The van der Waals surface area contributed by atoms with Gasteiger partial charge in [0.15, 0.2) is 0 Å². The van der Waals surface area contributed by atoms with Gasteiger partial charge in [-0.1, -0.05) is 13.8 Å². The maximum Gasteiger partial charge on any atom is 0.418 e. The van der Waals surface area contributed by atoms with Crippen LogP contribution in [0.1, 0.15) is 25.8 Å². The van der Waals surface area contributed by atoms with Crippen LogP contribution in [0.2, 0.25) is 0 Å². The van der Waals surface area contributed by atoms with Crippen LogP contribution in [-0.2, 0) is 6.18 Å². The molecule has 0 spiro atoms. The fourth-order valence-electron chi connectivity index (χ4n) is 2.54. The molecule has 1 heterocycles. The van der Waals surface area contributed by atoms with Crippen LogP contribution in [0.5, 0.6) is 0 Å². The molecule has 2 atom stereocenters. The summed E-state index contributed by atoms with van der Waals surface area (Å²) in [6, 6.07) is 4.05. The Morgan fingerprint density at radius 2 is 1.89 bits per heavy atom. The molecule has 1 aromatic carbocycles. The molecule has 2 unspecified atom stereocenters. The first kappa shape index (κ1) is 14.0. The van der Waals surface area contributed by atoms with Crippen LogP contribution in [0.25, 0.3) is 0 Å². The van der Waals surface area contributed by atoms with Gasteiger partial charge in [0, 0.05) is 24.5 Å². The number of nitrogens with two attached hydrogens (primary N) is 1. The van der Waals surface area contributed by atoms with Crippen molar-refractivity contribution in [2.24, 2.45) is 11.8 Å². The highest BCUT2D eigenvalue weighted by molar-refractivity contribution is 5.61. The van der Waals surface area contributed by atoms with Gasteiger partial charge in [-0.15, -0.1) is 0 Å². The molecule has 0 bridgehead atoms. The molecule has 1 fully saturated rings. The number of nitrogens with zero attached hydrogens (tertiary/aromatic N) is 1. The van der Waals surface area contributed by atoms with Crippen LogP contribution in [0.4, 0.5) is 24.5 Å². The fourth-order valence-corrected chi connectivity index (χ4v) is 2.54. The van der Waals surface area contributed by atoms with Gasteiger partial charge in [-0.05, 0) is 36.5 Å². The number of hydrogen-bond donors (Lipinski definition) is 1. The molecule has 2 nitrogen and oxygen atoms in total. The summed E-state index contributed by atoms with van der Waals surface area (Å²) in [5.74, 6) is 0.951. The van der Waals surface area contributed by atoms with E-state index >= 15 is 0 Å². The molecule has 1 aliphatic rings. The van der Waals surface area contributed by atoms with E-state index in [1.807, 2.05) is 4.90 Å². The fraction of sp³-hybridized carbons (Fsp3) is 0.571. The van der Waals surface area contributed by atoms with Crippen LogP contribution in [0.3, 0.4) is 0 Å². The number of benzene rings is 1. The molecular formula is C14H19F3N2. The van der Waals surface area contributed by atoms with Crippen LogP contribution >= 0.6 is 0 Å². The summed E-state index contributed by atoms with van der Waals surface area (Å²) in [6.45, 7) is 5.56. The molecule has 0 saturated carbocycles. The van der Waals surface area contributed by atoms with Gasteiger partial charge < -0.3 is 10.6 Å². The molecule has 1 saturated heterocycles. The van der Waals surface area contributed by atoms with Crippen LogP contribution < -0.4 is 10.6 Å². The highest BCUT2D eigenvalue weighted by Gasteiger charge is 2.36. The Morgan fingerprint density at radius 1 is 1.21 bits per heavy atom. The third-order valence-corrected chi connectivity index (χ3v) is 4.00. The standard InChI is InChI=1S/C14H19F3N2/c1-9-5-6-19(8-10(9)2)13-4-3-11(18)7-12(13)14(15,16)17/h3-4,7,9-10H,5-6,8,18H2,1-2H3. The largest absolute Gasteiger partial charge is 0.418 e. The Labute approximate surface area is 111 Å². The third kappa shape index (κ3) is 2.96. The van der Waals surface area contributed by atoms with Crippen LogP contribution in [0.15, 0.2) is 18.2 Å². The first-order valence-corrected chi connectivity index (χ1v) is 6.50. The minimum Gasteiger partial charge on any atom is -0.399 e. The van der Waals surface area contributed by atoms with Gasteiger partial charge >= 0.3 is 6.18 Å². The van der Waals surface area contributed by atoms with Crippen molar-refractivity contribution in [3.05, 3.63) is 23.8 Å². The summed E-state index contributed by atoms with van der Waals surface area (Å²) in [5, 5.41) is 0. The highest BCUT2D eigenvalue weighted by atomic mass is 19.4. The summed E-state index contributed by atoms with van der Waals surface area (Å²) < 4.78 is 39.2. The topological polar surface area (TPSA) is 29.3 Å². The smallest absolute Gasteiger partial charge is 0.399 e. The number of alkyl halides is 3. The molecule has 2 N–H and O–H groups in total. The van der Waals surface area contributed by atoms with E-state index in [2.05, 4.69) is 13.8 Å². The Balaban J connectivity index is 2.34. The van der Waals surface area contributed by atoms with E-state index in [0.29, 0.717) is 24.9 Å². The van der Waals surface area contributed by atoms with E-state index in [9.17, 15) is 13.2 Å². The molecule has 0 radical (unpaired) electrons. The predicted octanol–water partition coefficient (Wildman–Crippen LogP) is 3.77. The summed E-state index contributed by atoms with van der Waals surface area (Å²) in [6.07, 6.45) is -3.44. The van der Waals surface area contributed by atoms with Gasteiger partial charge in [0.25, 0.3) is 0 Å². The Kier molecular flexibility index (Phi) is 3.65. The lowest BCUT2D eigenvalue weighted by atomic mass is 9.88. The molecule has 19 heavy (non-hydrogen) atoms. The lowest BCUT2D eigenvalue weighted by Crippen LogP contribution is -2.39. The molecule has 2 rings (SSSR count). The summed E-state index contributed by atoms with van der Waals surface area (Å²) in [4.78, 5) is 1.83. The first-order chi connectivity index (χ1) is 8.79. The molecular weight excluding hydrogens is 253 g/mol. The maximum absolute atomic E-state index is 13.1. The van der Waals surface area contributed by atoms with Crippen molar-refractivity contribution in [2.75, 3.05) is 23.7 Å². The first-order valence-electron chi connectivity index (χ1n) is 6.50. The number of halogens is 3. The summed E-state index contributed by atoms with van der Waals surface area (Å²) in [5.41, 5.74) is 5.25. The second-order valence-electron chi connectivity index (χ2n) is 5.46. The number of hydrogen-bond acceptors (Lipinski definition) is 2. The van der Waals surface area contributed by atoms with Gasteiger partial charge in [0.05, 0.1) is 5.56 Å².